The molecule has 0 aliphatic carbocycles. The van der Waals surface area contributed by atoms with Crippen molar-refractivity contribution in [1.29, 1.82) is 0 Å². The van der Waals surface area contributed by atoms with Gasteiger partial charge in [0.25, 0.3) is 0 Å². The second-order valence-electron chi connectivity index (χ2n) is 6.63. The number of nitrogens with one attached hydrogen (secondary N) is 1. The van der Waals surface area contributed by atoms with Crippen LogP contribution in [0, 0.1) is 0 Å². The fourth-order valence-corrected chi connectivity index (χ4v) is 3.24. The SMILES string of the molecule is O=C(CN1CCN(CCO)CC1)Nc1ccccc1C(=O)c1ccccc1. The zero-order valence-electron chi connectivity index (χ0n) is 15.3. The summed E-state index contributed by atoms with van der Waals surface area (Å²) in [6, 6.07) is 16.2. The number of piperazine rings is 1. The first-order chi connectivity index (χ1) is 13.2. The summed E-state index contributed by atoms with van der Waals surface area (Å²) in [5.41, 5.74) is 1.62. The molecule has 0 bridgehead atoms. The molecular weight excluding hydrogens is 342 g/mol. The first kappa shape index (κ1) is 19.2. The molecule has 1 aliphatic rings. The van der Waals surface area contributed by atoms with Crippen LogP contribution in [-0.4, -0.2) is 72.5 Å². The number of hydrogen-bond donors (Lipinski definition) is 2. The molecule has 0 saturated carbocycles. The molecule has 0 spiro atoms. The number of para-hydroxylation sites is 1. The Kier molecular flexibility index (Phi) is 6.70. The number of benzene rings is 2. The number of hydrogen-bond acceptors (Lipinski definition) is 5. The minimum absolute atomic E-state index is 0.107. The van der Waals surface area contributed by atoms with Gasteiger partial charge in [-0.1, -0.05) is 42.5 Å². The highest BCUT2D eigenvalue weighted by molar-refractivity contribution is 6.13. The van der Waals surface area contributed by atoms with E-state index in [1.54, 1.807) is 30.3 Å². The molecule has 2 aromatic rings. The highest BCUT2D eigenvalue weighted by atomic mass is 16.3. The number of aliphatic hydroxyl groups is 1. The van der Waals surface area contributed by atoms with Crippen LogP contribution in [0.1, 0.15) is 15.9 Å². The molecule has 0 aromatic heterocycles. The molecule has 6 nitrogen and oxygen atoms in total. The second kappa shape index (κ2) is 9.41. The van der Waals surface area contributed by atoms with E-state index in [9.17, 15) is 9.59 Å². The van der Waals surface area contributed by atoms with E-state index in [0.29, 0.717) is 29.9 Å². The summed E-state index contributed by atoms with van der Waals surface area (Å²) in [5, 5.41) is 11.9. The van der Waals surface area contributed by atoms with Crippen molar-refractivity contribution in [3.05, 3.63) is 65.7 Å². The molecule has 0 unspecified atom stereocenters. The topological polar surface area (TPSA) is 72.9 Å². The quantitative estimate of drug-likeness (QED) is 0.725. The average Bonchev–Trinajstić information content (AvgIpc) is 2.70. The predicted molar refractivity (Wildman–Crippen MR) is 105 cm³/mol. The predicted octanol–water partition coefficient (Wildman–Crippen LogP) is 1.47. The molecule has 27 heavy (non-hydrogen) atoms. The molecule has 1 saturated heterocycles. The van der Waals surface area contributed by atoms with Crippen LogP contribution < -0.4 is 5.32 Å². The molecule has 1 fully saturated rings. The van der Waals surface area contributed by atoms with Crippen LogP contribution in [0.3, 0.4) is 0 Å². The maximum absolute atomic E-state index is 12.7. The van der Waals surface area contributed by atoms with E-state index in [-0.39, 0.29) is 18.3 Å². The highest BCUT2D eigenvalue weighted by Crippen LogP contribution is 2.19. The minimum atomic E-state index is -0.126. The van der Waals surface area contributed by atoms with E-state index in [4.69, 9.17) is 5.11 Å². The van der Waals surface area contributed by atoms with Crippen LogP contribution in [0.25, 0.3) is 0 Å². The Morgan fingerprint density at radius 2 is 1.52 bits per heavy atom. The van der Waals surface area contributed by atoms with Gasteiger partial charge >= 0.3 is 0 Å². The maximum atomic E-state index is 12.7. The summed E-state index contributed by atoms with van der Waals surface area (Å²) < 4.78 is 0. The Hall–Kier alpha value is -2.54. The number of amides is 1. The van der Waals surface area contributed by atoms with Crippen molar-refractivity contribution in [2.24, 2.45) is 0 Å². The van der Waals surface area contributed by atoms with Crippen molar-refractivity contribution in [1.82, 2.24) is 9.80 Å². The first-order valence-corrected chi connectivity index (χ1v) is 9.21. The first-order valence-electron chi connectivity index (χ1n) is 9.21. The van der Waals surface area contributed by atoms with Gasteiger partial charge in [-0.15, -0.1) is 0 Å². The van der Waals surface area contributed by atoms with Gasteiger partial charge in [0, 0.05) is 43.9 Å². The lowest BCUT2D eigenvalue weighted by atomic mass is 10.0. The van der Waals surface area contributed by atoms with E-state index in [1.807, 2.05) is 24.3 Å². The van der Waals surface area contributed by atoms with Crippen LogP contribution in [0.4, 0.5) is 5.69 Å². The summed E-state index contributed by atoms with van der Waals surface area (Å²) >= 11 is 0. The number of β-amino-alcohol motifs (C(OH)–C–C–N with tert-alkyl or cyclic N) is 1. The number of nitrogens with zero attached hydrogens (tertiary/aromatic N) is 2. The Morgan fingerprint density at radius 1 is 0.889 bits per heavy atom. The van der Waals surface area contributed by atoms with Crippen molar-refractivity contribution < 1.29 is 14.7 Å². The van der Waals surface area contributed by atoms with Gasteiger partial charge in [-0.25, -0.2) is 0 Å². The van der Waals surface area contributed by atoms with Gasteiger partial charge in [0.2, 0.25) is 5.91 Å². The van der Waals surface area contributed by atoms with E-state index in [1.165, 1.54) is 0 Å². The Balaban J connectivity index is 1.61. The van der Waals surface area contributed by atoms with Gasteiger partial charge in [0.05, 0.1) is 18.8 Å². The van der Waals surface area contributed by atoms with E-state index in [0.717, 1.165) is 26.2 Å². The van der Waals surface area contributed by atoms with Crippen LogP contribution in [0.15, 0.2) is 54.6 Å². The smallest absolute Gasteiger partial charge is 0.238 e. The third-order valence-electron chi connectivity index (χ3n) is 4.73. The molecule has 1 aliphatic heterocycles. The van der Waals surface area contributed by atoms with Gasteiger partial charge < -0.3 is 10.4 Å². The lowest BCUT2D eigenvalue weighted by Gasteiger charge is -2.33. The fourth-order valence-electron chi connectivity index (χ4n) is 3.24. The van der Waals surface area contributed by atoms with Gasteiger partial charge in [0.1, 0.15) is 0 Å². The molecule has 1 amide bonds. The highest BCUT2D eigenvalue weighted by Gasteiger charge is 2.20. The number of rotatable bonds is 7. The third-order valence-corrected chi connectivity index (χ3v) is 4.73. The summed E-state index contributed by atoms with van der Waals surface area (Å²) in [6.45, 7) is 4.40. The van der Waals surface area contributed by atoms with Crippen molar-refractivity contribution in [2.45, 2.75) is 0 Å². The van der Waals surface area contributed by atoms with Crippen molar-refractivity contribution >= 4 is 17.4 Å². The Morgan fingerprint density at radius 3 is 2.22 bits per heavy atom. The molecular formula is C21H25N3O3. The van der Waals surface area contributed by atoms with Crippen molar-refractivity contribution in [3.8, 4) is 0 Å². The molecule has 142 valence electrons. The van der Waals surface area contributed by atoms with Gasteiger partial charge in [-0.05, 0) is 12.1 Å². The molecule has 3 rings (SSSR count). The Labute approximate surface area is 159 Å². The van der Waals surface area contributed by atoms with Crippen molar-refractivity contribution in [3.63, 3.8) is 0 Å². The van der Waals surface area contributed by atoms with Crippen LogP contribution in [0.5, 0.6) is 0 Å². The molecule has 0 radical (unpaired) electrons. The van der Waals surface area contributed by atoms with Gasteiger partial charge in [-0.3, -0.25) is 19.4 Å². The minimum Gasteiger partial charge on any atom is -0.395 e. The third kappa shape index (κ3) is 5.23. The molecule has 2 N–H and O–H groups in total. The number of aliphatic hydroxyl groups excluding tert-OH is 1. The fraction of sp³-hybridized carbons (Fsp3) is 0.333. The van der Waals surface area contributed by atoms with Crippen LogP contribution in [-0.2, 0) is 4.79 Å². The molecule has 2 aromatic carbocycles. The summed E-state index contributed by atoms with van der Waals surface area (Å²) in [5.74, 6) is -0.233. The molecule has 0 atom stereocenters. The molecule has 1 heterocycles. The standard InChI is InChI=1S/C21H25N3O3/c25-15-14-23-10-12-24(13-11-23)16-20(26)22-19-9-5-4-8-18(19)21(27)17-6-2-1-3-7-17/h1-9,25H,10-16H2,(H,22,26). The second-order valence-corrected chi connectivity index (χ2v) is 6.63. The maximum Gasteiger partial charge on any atom is 0.238 e. The zero-order valence-corrected chi connectivity index (χ0v) is 15.3. The summed E-state index contributed by atoms with van der Waals surface area (Å²) in [6.07, 6.45) is 0. The Bertz CT molecular complexity index is 771. The number of anilines is 1. The van der Waals surface area contributed by atoms with E-state index >= 15 is 0 Å². The van der Waals surface area contributed by atoms with Crippen LogP contribution in [0.2, 0.25) is 0 Å². The van der Waals surface area contributed by atoms with Gasteiger partial charge in [-0.2, -0.15) is 0 Å². The average molecular weight is 367 g/mol. The van der Waals surface area contributed by atoms with Crippen LogP contribution >= 0.6 is 0 Å². The lowest BCUT2D eigenvalue weighted by molar-refractivity contribution is -0.117. The largest absolute Gasteiger partial charge is 0.395 e. The van der Waals surface area contributed by atoms with Crippen molar-refractivity contribution in [2.75, 3.05) is 51.2 Å². The van der Waals surface area contributed by atoms with E-state index < -0.39 is 0 Å². The number of carbonyl (C=O) groups excluding carboxylic acids is 2. The number of ketones is 1. The zero-order chi connectivity index (χ0) is 19.1. The normalized spacial score (nSPS) is 15.4. The van der Waals surface area contributed by atoms with Gasteiger partial charge in [0.15, 0.2) is 5.78 Å². The molecule has 6 heteroatoms. The monoisotopic (exact) mass is 367 g/mol. The summed E-state index contributed by atoms with van der Waals surface area (Å²) in [7, 11) is 0. The van der Waals surface area contributed by atoms with E-state index in [2.05, 4.69) is 15.1 Å². The number of carbonyl (C=O) groups is 2. The lowest BCUT2D eigenvalue weighted by Crippen LogP contribution is -2.49. The summed E-state index contributed by atoms with van der Waals surface area (Å²) in [4.78, 5) is 29.5.